The fourth-order valence-corrected chi connectivity index (χ4v) is 4.27. The van der Waals surface area contributed by atoms with Crippen molar-refractivity contribution in [1.82, 2.24) is 10.3 Å². The Morgan fingerprint density at radius 3 is 2.90 bits per heavy atom. The monoisotopic (exact) mass is 310 g/mol. The van der Waals surface area contributed by atoms with Crippen molar-refractivity contribution in [2.75, 3.05) is 18.9 Å². The molecule has 3 nitrogen and oxygen atoms in total. The van der Waals surface area contributed by atoms with Gasteiger partial charge < -0.3 is 10.4 Å². The van der Waals surface area contributed by atoms with Crippen LogP contribution in [0.4, 0.5) is 0 Å². The highest BCUT2D eigenvalue weighted by atomic mass is 32.2. The highest BCUT2D eigenvalue weighted by molar-refractivity contribution is 8.01. The van der Waals surface area contributed by atoms with Gasteiger partial charge in [-0.05, 0) is 38.4 Å². The Morgan fingerprint density at radius 2 is 2.20 bits per heavy atom. The molecule has 1 aromatic carbocycles. The summed E-state index contributed by atoms with van der Waals surface area (Å²) in [6.45, 7) is 5.35. The third-order valence-corrected chi connectivity index (χ3v) is 5.49. The van der Waals surface area contributed by atoms with E-state index in [-0.39, 0.29) is 12.1 Å². The summed E-state index contributed by atoms with van der Waals surface area (Å²) in [5.41, 5.74) is 0.897. The van der Waals surface area contributed by atoms with Gasteiger partial charge in [0.1, 0.15) is 0 Å². The van der Waals surface area contributed by atoms with Gasteiger partial charge in [-0.1, -0.05) is 30.8 Å². The first-order valence-electron chi connectivity index (χ1n) is 7.01. The minimum Gasteiger partial charge on any atom is -0.394 e. The van der Waals surface area contributed by atoms with Gasteiger partial charge in [-0.3, -0.25) is 0 Å². The zero-order chi connectivity index (χ0) is 14.4. The van der Waals surface area contributed by atoms with E-state index in [1.807, 2.05) is 12.1 Å². The Morgan fingerprint density at radius 1 is 1.40 bits per heavy atom. The van der Waals surface area contributed by atoms with Crippen LogP contribution in [-0.4, -0.2) is 34.5 Å². The van der Waals surface area contributed by atoms with Crippen LogP contribution in [0.2, 0.25) is 0 Å². The van der Waals surface area contributed by atoms with E-state index in [2.05, 4.69) is 36.3 Å². The minimum absolute atomic E-state index is 0.174. The van der Waals surface area contributed by atoms with E-state index in [1.165, 1.54) is 4.70 Å². The molecule has 5 heteroatoms. The molecule has 1 atom stereocenters. The molecule has 1 unspecified atom stereocenters. The minimum atomic E-state index is -0.181. The fourth-order valence-electron chi connectivity index (χ4n) is 1.93. The molecule has 2 N–H and O–H groups in total. The topological polar surface area (TPSA) is 45.1 Å². The Bertz CT molecular complexity index is 510. The summed E-state index contributed by atoms with van der Waals surface area (Å²) >= 11 is 3.52. The van der Waals surface area contributed by atoms with Crippen LogP contribution in [0.3, 0.4) is 0 Å². The normalized spacial score (nSPS) is 14.6. The lowest BCUT2D eigenvalue weighted by Gasteiger charge is -2.28. The number of thioether (sulfide) groups is 1. The number of nitrogens with zero attached hydrogens (tertiary/aromatic N) is 1. The van der Waals surface area contributed by atoms with Crippen LogP contribution in [0.25, 0.3) is 10.2 Å². The van der Waals surface area contributed by atoms with Crippen molar-refractivity contribution in [2.45, 2.75) is 36.6 Å². The van der Waals surface area contributed by atoms with E-state index in [9.17, 15) is 5.11 Å². The van der Waals surface area contributed by atoms with Gasteiger partial charge in [-0.25, -0.2) is 4.98 Å². The summed E-state index contributed by atoms with van der Waals surface area (Å²) in [4.78, 5) is 4.62. The molecule has 0 amide bonds. The number of hydrogen-bond acceptors (Lipinski definition) is 5. The molecular weight excluding hydrogens is 288 g/mol. The second-order valence-electron chi connectivity index (χ2n) is 5.19. The zero-order valence-corrected chi connectivity index (χ0v) is 13.7. The van der Waals surface area contributed by atoms with Crippen molar-refractivity contribution in [3.8, 4) is 0 Å². The molecule has 2 aromatic rings. The fraction of sp³-hybridized carbons (Fsp3) is 0.533. The van der Waals surface area contributed by atoms with Gasteiger partial charge in [0.15, 0.2) is 4.34 Å². The lowest BCUT2D eigenvalue weighted by Crippen LogP contribution is -2.46. The summed E-state index contributed by atoms with van der Waals surface area (Å²) < 4.78 is 2.35. The second-order valence-corrected chi connectivity index (χ2v) is 7.56. The molecule has 2 rings (SSSR count). The maximum absolute atomic E-state index is 9.54. The zero-order valence-electron chi connectivity index (χ0n) is 12.1. The lowest BCUT2D eigenvalue weighted by molar-refractivity contribution is 0.171. The highest BCUT2D eigenvalue weighted by Crippen LogP contribution is 2.30. The van der Waals surface area contributed by atoms with Crippen molar-refractivity contribution in [3.63, 3.8) is 0 Å². The average Bonchev–Trinajstić information content (AvgIpc) is 2.87. The quantitative estimate of drug-likeness (QED) is 0.732. The molecule has 20 heavy (non-hydrogen) atoms. The molecule has 0 aliphatic heterocycles. The Labute approximate surface area is 128 Å². The van der Waals surface area contributed by atoms with Crippen LogP contribution in [0, 0.1) is 0 Å². The van der Waals surface area contributed by atoms with Gasteiger partial charge in [0.25, 0.3) is 0 Å². The van der Waals surface area contributed by atoms with Gasteiger partial charge in [-0.15, -0.1) is 11.3 Å². The van der Waals surface area contributed by atoms with Crippen LogP contribution in [0.1, 0.15) is 26.7 Å². The van der Waals surface area contributed by atoms with Crippen LogP contribution in [0.15, 0.2) is 28.6 Å². The average molecular weight is 310 g/mol. The van der Waals surface area contributed by atoms with E-state index >= 15 is 0 Å². The predicted molar refractivity (Wildman–Crippen MR) is 88.7 cm³/mol. The van der Waals surface area contributed by atoms with Crippen molar-refractivity contribution < 1.29 is 5.11 Å². The molecule has 0 bridgehead atoms. The number of nitrogens with one attached hydrogen (secondary N) is 1. The number of hydrogen-bond donors (Lipinski definition) is 2. The summed E-state index contributed by atoms with van der Waals surface area (Å²) in [6, 6.07) is 8.23. The van der Waals surface area contributed by atoms with Gasteiger partial charge in [0, 0.05) is 11.3 Å². The summed E-state index contributed by atoms with van der Waals surface area (Å²) in [5, 5.41) is 13.0. The highest BCUT2D eigenvalue weighted by Gasteiger charge is 2.21. The van der Waals surface area contributed by atoms with Gasteiger partial charge in [0.05, 0.1) is 16.8 Å². The van der Waals surface area contributed by atoms with Crippen LogP contribution in [0.5, 0.6) is 0 Å². The Balaban J connectivity index is 1.88. The molecule has 0 fully saturated rings. The number of benzene rings is 1. The van der Waals surface area contributed by atoms with Crippen LogP contribution >= 0.6 is 23.1 Å². The molecular formula is C15H22N2OS2. The summed E-state index contributed by atoms with van der Waals surface area (Å²) in [5.74, 6) is 0.966. The Hall–Kier alpha value is -0.620. The van der Waals surface area contributed by atoms with E-state index in [0.29, 0.717) is 0 Å². The lowest BCUT2D eigenvalue weighted by atomic mass is 10.0. The molecule has 1 heterocycles. The number of para-hydroxylation sites is 1. The number of aromatic nitrogens is 1. The largest absolute Gasteiger partial charge is 0.394 e. The molecule has 0 aliphatic carbocycles. The Kier molecular flexibility index (Phi) is 5.84. The number of rotatable bonds is 8. The first kappa shape index (κ1) is 15.8. The van der Waals surface area contributed by atoms with Crippen molar-refractivity contribution >= 4 is 33.3 Å². The smallest absolute Gasteiger partial charge is 0.151 e. The molecule has 0 radical (unpaired) electrons. The third kappa shape index (κ3) is 4.19. The molecule has 0 spiro atoms. The summed E-state index contributed by atoms with van der Waals surface area (Å²) in [7, 11) is 0. The van der Waals surface area contributed by atoms with Gasteiger partial charge in [0.2, 0.25) is 0 Å². The predicted octanol–water partition coefficient (Wildman–Crippen LogP) is 3.53. The third-order valence-electron chi connectivity index (χ3n) is 3.30. The summed E-state index contributed by atoms with van der Waals surface area (Å²) in [6.07, 6.45) is 2.02. The SMILES string of the molecule is CCCNC(C)(CO)CCSc1nc2ccccc2s1. The van der Waals surface area contributed by atoms with E-state index in [4.69, 9.17) is 0 Å². The molecule has 0 aliphatic rings. The van der Waals surface area contributed by atoms with E-state index in [0.717, 1.165) is 35.0 Å². The molecule has 1 aromatic heterocycles. The first-order chi connectivity index (χ1) is 9.67. The molecule has 110 valence electrons. The van der Waals surface area contributed by atoms with Crippen molar-refractivity contribution in [1.29, 1.82) is 0 Å². The molecule has 0 saturated heterocycles. The maximum Gasteiger partial charge on any atom is 0.151 e. The van der Waals surface area contributed by atoms with Crippen molar-refractivity contribution in [3.05, 3.63) is 24.3 Å². The van der Waals surface area contributed by atoms with E-state index in [1.54, 1.807) is 23.1 Å². The standard InChI is InChI=1S/C15H22N2OS2/c1-3-9-16-15(2,11-18)8-10-19-14-17-12-6-4-5-7-13(12)20-14/h4-7,16,18H,3,8-11H2,1-2H3. The number of aliphatic hydroxyl groups excluding tert-OH is 1. The molecule has 0 saturated carbocycles. The maximum atomic E-state index is 9.54. The van der Waals surface area contributed by atoms with Crippen molar-refractivity contribution in [2.24, 2.45) is 0 Å². The van der Waals surface area contributed by atoms with E-state index < -0.39 is 0 Å². The first-order valence-corrected chi connectivity index (χ1v) is 8.81. The van der Waals surface area contributed by atoms with Crippen LogP contribution < -0.4 is 5.32 Å². The number of fused-ring (bicyclic) bond motifs is 1. The number of aliphatic hydroxyl groups is 1. The van der Waals surface area contributed by atoms with Crippen LogP contribution in [-0.2, 0) is 0 Å². The number of thiazole rings is 1. The van der Waals surface area contributed by atoms with Gasteiger partial charge in [-0.2, -0.15) is 0 Å². The van der Waals surface area contributed by atoms with Gasteiger partial charge >= 0.3 is 0 Å². The second kappa shape index (κ2) is 7.41.